The number of benzene rings is 9. The fourth-order valence-electron chi connectivity index (χ4n) is 7.83. The molecule has 1 heterocycles. The third-order valence-electron chi connectivity index (χ3n) is 10.8. The van der Waals surface area contributed by atoms with Crippen LogP contribution in [-0.2, 0) is 0 Å². The van der Waals surface area contributed by atoms with Crippen LogP contribution in [0.3, 0.4) is 0 Å². The molecule has 0 atom stereocenters. The van der Waals surface area contributed by atoms with Gasteiger partial charge in [0, 0.05) is 16.7 Å². The Bertz CT molecular complexity index is 3070. The molecule has 0 aliphatic heterocycles. The molecule has 0 aliphatic rings. The number of hydrogen-bond donors (Lipinski definition) is 0. The molecule has 0 spiro atoms. The van der Waals surface area contributed by atoms with E-state index in [4.69, 9.17) is 15.0 Å². The Morgan fingerprint density at radius 1 is 0.310 bits per heavy atom. The van der Waals surface area contributed by atoms with E-state index in [2.05, 4.69) is 127 Å². The van der Waals surface area contributed by atoms with Gasteiger partial charge in [-0.3, -0.25) is 0 Å². The Kier molecular flexibility index (Phi) is 8.87. The smallest absolute Gasteiger partial charge is 0.164 e. The summed E-state index contributed by atoms with van der Waals surface area (Å²) in [6.45, 7) is 0. The predicted molar refractivity (Wildman–Crippen MR) is 238 cm³/mol. The molecule has 9 aromatic carbocycles. The summed E-state index contributed by atoms with van der Waals surface area (Å²) in [6, 6.07) is 73.8. The van der Waals surface area contributed by atoms with E-state index in [1.807, 2.05) is 84.9 Å². The van der Waals surface area contributed by atoms with E-state index in [1.165, 1.54) is 32.7 Å². The van der Waals surface area contributed by atoms with Crippen LogP contribution in [0.4, 0.5) is 0 Å². The number of fused-ring (bicyclic) bond motifs is 2. The maximum Gasteiger partial charge on any atom is 0.164 e. The summed E-state index contributed by atoms with van der Waals surface area (Å²) in [5, 5.41) is 14.0. The molecule has 0 amide bonds. The Morgan fingerprint density at radius 2 is 0.776 bits per heavy atom. The van der Waals surface area contributed by atoms with Crippen LogP contribution in [0.5, 0.6) is 0 Å². The van der Waals surface area contributed by atoms with E-state index < -0.39 is 0 Å². The zero-order chi connectivity index (χ0) is 38.8. The van der Waals surface area contributed by atoms with Crippen molar-refractivity contribution in [1.29, 1.82) is 5.26 Å². The first-order chi connectivity index (χ1) is 28.7. The van der Waals surface area contributed by atoms with Crippen LogP contribution in [0.25, 0.3) is 100 Å². The van der Waals surface area contributed by atoms with Gasteiger partial charge in [0.05, 0.1) is 11.6 Å². The first kappa shape index (κ1) is 34.5. The van der Waals surface area contributed by atoms with Crippen molar-refractivity contribution in [2.45, 2.75) is 0 Å². The molecular formula is C54H34N4. The highest BCUT2D eigenvalue weighted by Gasteiger charge is 2.17. The number of nitrogens with zero attached hydrogens (tertiary/aromatic N) is 4. The molecule has 0 saturated carbocycles. The highest BCUT2D eigenvalue weighted by Crippen LogP contribution is 2.42. The maximum absolute atomic E-state index is 9.29. The van der Waals surface area contributed by atoms with E-state index in [0.29, 0.717) is 23.0 Å². The summed E-state index contributed by atoms with van der Waals surface area (Å²) < 4.78 is 0. The van der Waals surface area contributed by atoms with Crippen molar-refractivity contribution in [2.75, 3.05) is 0 Å². The third-order valence-corrected chi connectivity index (χ3v) is 10.8. The van der Waals surface area contributed by atoms with Crippen molar-refractivity contribution in [3.63, 3.8) is 0 Å². The minimum Gasteiger partial charge on any atom is -0.208 e. The van der Waals surface area contributed by atoms with Crippen molar-refractivity contribution in [3.05, 3.63) is 212 Å². The molecule has 0 fully saturated rings. The molecule has 270 valence electrons. The molecule has 0 aliphatic carbocycles. The highest BCUT2D eigenvalue weighted by molar-refractivity contribution is 6.07. The van der Waals surface area contributed by atoms with E-state index in [-0.39, 0.29) is 0 Å². The van der Waals surface area contributed by atoms with Crippen molar-refractivity contribution < 1.29 is 0 Å². The van der Waals surface area contributed by atoms with Gasteiger partial charge in [-0.1, -0.05) is 182 Å². The molecule has 10 aromatic rings. The van der Waals surface area contributed by atoms with Gasteiger partial charge >= 0.3 is 0 Å². The SMILES string of the molecule is N#Cc1ccc(-c2ccc(-c3c(-c4cc(-c5ccc(-c6nc(-c7ccccc7)nc(-c7ccccc7)n6)cc5)c5ccccc5c4)ccc4ccccc34)cc2)cc1. The molecule has 4 heteroatoms. The van der Waals surface area contributed by atoms with Crippen molar-refractivity contribution in [1.82, 2.24) is 15.0 Å². The standard InChI is InChI=1S/C54H34N4/c55-35-36-19-21-37(22-20-36)38-23-27-41(28-24-38)51-48-18-10-7-11-39(48)31-32-49(51)46-33-45-16-8-9-17-47(45)50(34-46)40-25-29-44(30-26-40)54-57-52(42-12-3-1-4-13-42)56-53(58-54)43-14-5-2-6-15-43/h1-34H. The largest absolute Gasteiger partial charge is 0.208 e. The summed E-state index contributed by atoms with van der Waals surface area (Å²) in [5.41, 5.74) is 12.6. The Labute approximate surface area is 337 Å². The zero-order valence-corrected chi connectivity index (χ0v) is 31.4. The zero-order valence-electron chi connectivity index (χ0n) is 31.4. The molecule has 1 aromatic heterocycles. The average Bonchev–Trinajstić information content (AvgIpc) is 3.31. The van der Waals surface area contributed by atoms with E-state index >= 15 is 0 Å². The van der Waals surface area contributed by atoms with Gasteiger partial charge < -0.3 is 0 Å². The summed E-state index contributed by atoms with van der Waals surface area (Å²) in [4.78, 5) is 14.8. The van der Waals surface area contributed by atoms with Crippen LogP contribution in [0.15, 0.2) is 206 Å². The monoisotopic (exact) mass is 738 g/mol. The molecule has 4 nitrogen and oxygen atoms in total. The van der Waals surface area contributed by atoms with Gasteiger partial charge in [0.2, 0.25) is 0 Å². The second-order valence-corrected chi connectivity index (χ2v) is 14.3. The van der Waals surface area contributed by atoms with Crippen molar-refractivity contribution in [3.8, 4) is 84.7 Å². The molecule has 0 saturated heterocycles. The highest BCUT2D eigenvalue weighted by atomic mass is 15.0. The lowest BCUT2D eigenvalue weighted by Crippen LogP contribution is -2.00. The van der Waals surface area contributed by atoms with Gasteiger partial charge in [0.1, 0.15) is 0 Å². The van der Waals surface area contributed by atoms with Gasteiger partial charge in [-0.2, -0.15) is 5.26 Å². The van der Waals surface area contributed by atoms with Crippen molar-refractivity contribution >= 4 is 21.5 Å². The Morgan fingerprint density at radius 3 is 1.38 bits per heavy atom. The van der Waals surface area contributed by atoms with Crippen LogP contribution in [-0.4, -0.2) is 15.0 Å². The fraction of sp³-hybridized carbons (Fsp3) is 0. The Hall–Kier alpha value is -8.00. The molecule has 58 heavy (non-hydrogen) atoms. The molecule has 0 unspecified atom stereocenters. The minimum atomic E-state index is 0.629. The average molecular weight is 739 g/mol. The van der Waals surface area contributed by atoms with Crippen molar-refractivity contribution in [2.24, 2.45) is 0 Å². The van der Waals surface area contributed by atoms with Gasteiger partial charge in [0.15, 0.2) is 17.5 Å². The van der Waals surface area contributed by atoms with Crippen LogP contribution in [0.1, 0.15) is 5.56 Å². The molecule has 0 radical (unpaired) electrons. The molecule has 10 rings (SSSR count). The van der Waals surface area contributed by atoms with E-state index in [1.54, 1.807) is 0 Å². The third kappa shape index (κ3) is 6.57. The number of nitriles is 1. The lowest BCUT2D eigenvalue weighted by molar-refractivity contribution is 1.07. The molecule has 0 N–H and O–H groups in total. The van der Waals surface area contributed by atoms with E-state index in [9.17, 15) is 5.26 Å². The maximum atomic E-state index is 9.29. The Balaban J connectivity index is 1.08. The molecule has 0 bridgehead atoms. The number of aromatic nitrogens is 3. The van der Waals surface area contributed by atoms with E-state index in [0.717, 1.165) is 50.1 Å². The van der Waals surface area contributed by atoms with Gasteiger partial charge in [-0.05, 0) is 90.3 Å². The molecular weight excluding hydrogens is 705 g/mol. The normalized spacial score (nSPS) is 11.1. The van der Waals surface area contributed by atoms with Crippen LogP contribution >= 0.6 is 0 Å². The summed E-state index contributed by atoms with van der Waals surface area (Å²) in [7, 11) is 0. The summed E-state index contributed by atoms with van der Waals surface area (Å²) in [6.07, 6.45) is 0. The first-order valence-electron chi connectivity index (χ1n) is 19.3. The summed E-state index contributed by atoms with van der Waals surface area (Å²) >= 11 is 0. The number of hydrogen-bond acceptors (Lipinski definition) is 4. The topological polar surface area (TPSA) is 62.5 Å². The number of rotatable bonds is 7. The van der Waals surface area contributed by atoms with Crippen LogP contribution in [0, 0.1) is 11.3 Å². The van der Waals surface area contributed by atoms with Crippen LogP contribution < -0.4 is 0 Å². The predicted octanol–water partition coefficient (Wildman–Crippen LogP) is 13.7. The van der Waals surface area contributed by atoms with Gasteiger partial charge in [0.25, 0.3) is 0 Å². The minimum absolute atomic E-state index is 0.629. The quantitative estimate of drug-likeness (QED) is 0.163. The van der Waals surface area contributed by atoms with Gasteiger partial charge in [-0.15, -0.1) is 0 Å². The lowest BCUT2D eigenvalue weighted by atomic mass is 9.86. The fourth-order valence-corrected chi connectivity index (χ4v) is 7.83. The second-order valence-electron chi connectivity index (χ2n) is 14.3. The summed E-state index contributed by atoms with van der Waals surface area (Å²) in [5.74, 6) is 1.91. The first-order valence-corrected chi connectivity index (χ1v) is 19.3. The van der Waals surface area contributed by atoms with Crippen LogP contribution in [0.2, 0.25) is 0 Å². The lowest BCUT2D eigenvalue weighted by Gasteiger charge is -2.17. The van der Waals surface area contributed by atoms with Gasteiger partial charge in [-0.25, -0.2) is 15.0 Å². The second kappa shape index (κ2) is 14.9.